The van der Waals surface area contributed by atoms with Crippen LogP contribution in [0, 0.1) is 23.2 Å². The molecule has 3 aliphatic rings. The summed E-state index contributed by atoms with van der Waals surface area (Å²) in [7, 11) is 2.04. The van der Waals surface area contributed by atoms with Gasteiger partial charge in [-0.3, -0.25) is 0 Å². The quantitative estimate of drug-likeness (QED) is 0.601. The number of anilines is 3. The fraction of sp³-hybridized carbons (Fsp3) is 0.500. The highest BCUT2D eigenvalue weighted by Crippen LogP contribution is 2.61. The van der Waals surface area contributed by atoms with Crippen molar-refractivity contribution in [3.8, 4) is 0 Å². The Hall–Kier alpha value is -2.34. The summed E-state index contributed by atoms with van der Waals surface area (Å²) in [4.78, 5) is 13.1. The van der Waals surface area contributed by atoms with Gasteiger partial charge < -0.3 is 15.2 Å². The normalized spacial score (nSPS) is 24.9. The number of benzene rings is 1. The lowest BCUT2D eigenvalue weighted by Gasteiger charge is -2.60. The van der Waals surface area contributed by atoms with Crippen molar-refractivity contribution in [3.05, 3.63) is 35.7 Å². The molecular formula is C22H27ClN6. The van der Waals surface area contributed by atoms with Gasteiger partial charge >= 0.3 is 0 Å². The molecule has 2 bridgehead atoms. The van der Waals surface area contributed by atoms with Crippen molar-refractivity contribution in [3.63, 3.8) is 0 Å². The third kappa shape index (κ3) is 3.33. The topological polar surface area (TPSA) is 67.7 Å². The zero-order chi connectivity index (χ0) is 20.2. The van der Waals surface area contributed by atoms with Crippen molar-refractivity contribution in [1.29, 1.82) is 0 Å². The summed E-state index contributed by atoms with van der Waals surface area (Å²) in [5.74, 6) is 3.36. The Bertz CT molecular complexity index is 1060. The highest BCUT2D eigenvalue weighted by molar-refractivity contribution is 6.28. The number of aromatic nitrogens is 4. The maximum absolute atomic E-state index is 6.17. The molecule has 6 nitrogen and oxygen atoms in total. The minimum Gasteiger partial charge on any atom is -0.354 e. The van der Waals surface area contributed by atoms with E-state index in [0.29, 0.717) is 23.2 Å². The highest BCUT2D eigenvalue weighted by Gasteiger charge is 2.53. The highest BCUT2D eigenvalue weighted by atomic mass is 35.5. The third-order valence-electron chi connectivity index (χ3n) is 7.27. The van der Waals surface area contributed by atoms with E-state index in [0.717, 1.165) is 29.5 Å². The van der Waals surface area contributed by atoms with Gasteiger partial charge in [0.15, 0.2) is 0 Å². The second kappa shape index (κ2) is 6.87. The number of nitrogens with one attached hydrogen (secondary N) is 2. The predicted octanol–water partition coefficient (Wildman–Crippen LogP) is 5.24. The molecule has 3 atom stereocenters. The molecule has 152 valence electrons. The van der Waals surface area contributed by atoms with Crippen LogP contribution in [0.4, 0.5) is 17.6 Å². The molecule has 6 rings (SSSR count). The van der Waals surface area contributed by atoms with E-state index in [-0.39, 0.29) is 5.28 Å². The van der Waals surface area contributed by atoms with Crippen molar-refractivity contribution >= 4 is 40.1 Å². The van der Waals surface area contributed by atoms with Crippen molar-refractivity contribution in [1.82, 2.24) is 19.5 Å². The maximum Gasteiger partial charge on any atom is 0.233 e. The fourth-order valence-corrected chi connectivity index (χ4v) is 5.56. The van der Waals surface area contributed by atoms with Gasteiger partial charge in [0.1, 0.15) is 0 Å². The Balaban J connectivity index is 1.29. The number of hydrogen-bond acceptors (Lipinski definition) is 5. The van der Waals surface area contributed by atoms with Crippen LogP contribution in [0.3, 0.4) is 0 Å². The molecule has 0 saturated heterocycles. The summed E-state index contributed by atoms with van der Waals surface area (Å²) in [5, 5.41) is 8.03. The lowest BCUT2D eigenvalue weighted by Crippen LogP contribution is -2.53. The predicted molar refractivity (Wildman–Crippen MR) is 118 cm³/mol. The lowest BCUT2D eigenvalue weighted by atomic mass is 9.45. The molecule has 0 amide bonds. The molecule has 29 heavy (non-hydrogen) atoms. The first kappa shape index (κ1) is 18.7. The van der Waals surface area contributed by atoms with Crippen molar-refractivity contribution < 1.29 is 0 Å². The zero-order valence-corrected chi connectivity index (χ0v) is 17.9. The molecule has 1 unspecified atom stereocenters. The Kier molecular flexibility index (Phi) is 4.42. The maximum atomic E-state index is 6.17. The number of nitrogens with zero attached hydrogens (tertiary/aromatic N) is 4. The van der Waals surface area contributed by atoms with Gasteiger partial charge in [0.2, 0.25) is 17.2 Å². The second-order valence-corrected chi connectivity index (χ2v) is 9.49. The molecule has 0 radical (unpaired) electrons. The molecule has 3 saturated carbocycles. The average molecular weight is 411 g/mol. The van der Waals surface area contributed by atoms with E-state index in [1.165, 1.54) is 24.8 Å². The van der Waals surface area contributed by atoms with Gasteiger partial charge in [-0.15, -0.1) is 0 Å². The number of fused-ring (bicyclic) bond motifs is 3. The van der Waals surface area contributed by atoms with E-state index < -0.39 is 0 Å². The van der Waals surface area contributed by atoms with Crippen LogP contribution < -0.4 is 10.6 Å². The molecule has 7 heteroatoms. The molecule has 0 aliphatic heterocycles. The largest absolute Gasteiger partial charge is 0.354 e. The first-order valence-electron chi connectivity index (χ1n) is 10.4. The van der Waals surface area contributed by atoms with E-state index in [1.807, 2.05) is 19.3 Å². The Morgan fingerprint density at radius 3 is 2.76 bits per heavy atom. The first-order valence-corrected chi connectivity index (χ1v) is 10.8. The number of aryl methyl sites for hydroxylation is 1. The smallest absolute Gasteiger partial charge is 0.233 e. The molecule has 2 heterocycles. The minimum absolute atomic E-state index is 0.193. The minimum atomic E-state index is 0.193. The molecule has 0 spiro atoms. The van der Waals surface area contributed by atoms with Gasteiger partial charge in [0.05, 0.1) is 0 Å². The van der Waals surface area contributed by atoms with Crippen LogP contribution in [0.15, 0.2) is 30.5 Å². The molecule has 2 N–H and O–H groups in total. The molecule has 1 aromatic carbocycles. The molecule has 2 aromatic heterocycles. The van der Waals surface area contributed by atoms with E-state index in [1.54, 1.807) is 0 Å². The van der Waals surface area contributed by atoms with Crippen LogP contribution in [0.5, 0.6) is 0 Å². The summed E-state index contributed by atoms with van der Waals surface area (Å²) in [6, 6.07) is 8.27. The summed E-state index contributed by atoms with van der Waals surface area (Å²) in [5.41, 5.74) is 2.58. The van der Waals surface area contributed by atoms with E-state index in [2.05, 4.69) is 62.2 Å². The summed E-state index contributed by atoms with van der Waals surface area (Å²) in [6.07, 6.45) is 6.04. The van der Waals surface area contributed by atoms with Crippen LogP contribution in [-0.4, -0.2) is 26.1 Å². The standard InChI is InChI=1S/C22H27ClN6/c1-22(2)15-5-4-14(17(22)11-15)12-24-20-26-19(23)27-21(28-20)25-16-6-7-18-13(10-16)8-9-29(18)3/h6-10,14-15,17H,4-5,11-12H2,1-3H3,(H2,24,25,26,27,28)/t14-,15?,17-/m0/s1. The molecule has 3 fully saturated rings. The van der Waals surface area contributed by atoms with Gasteiger partial charge in [0, 0.05) is 36.4 Å². The third-order valence-corrected chi connectivity index (χ3v) is 7.44. The van der Waals surface area contributed by atoms with Gasteiger partial charge in [-0.05, 0) is 78.3 Å². The zero-order valence-electron chi connectivity index (χ0n) is 17.1. The first-order chi connectivity index (χ1) is 13.9. The molecule has 3 aliphatic carbocycles. The Labute approximate surface area is 176 Å². The van der Waals surface area contributed by atoms with Gasteiger partial charge in [-0.25, -0.2) is 0 Å². The van der Waals surface area contributed by atoms with Gasteiger partial charge in [-0.2, -0.15) is 15.0 Å². The fourth-order valence-electron chi connectivity index (χ4n) is 5.40. The van der Waals surface area contributed by atoms with Crippen molar-refractivity contribution in [2.24, 2.45) is 30.2 Å². The van der Waals surface area contributed by atoms with Crippen LogP contribution in [0.1, 0.15) is 33.1 Å². The number of rotatable bonds is 5. The summed E-state index contributed by atoms with van der Waals surface area (Å²) in [6.45, 7) is 5.73. The van der Waals surface area contributed by atoms with Crippen LogP contribution in [-0.2, 0) is 7.05 Å². The number of halogens is 1. The van der Waals surface area contributed by atoms with Crippen LogP contribution in [0.2, 0.25) is 5.28 Å². The monoisotopic (exact) mass is 410 g/mol. The lowest BCUT2D eigenvalue weighted by molar-refractivity contribution is -0.100. The van der Waals surface area contributed by atoms with Crippen LogP contribution >= 0.6 is 11.6 Å². The van der Waals surface area contributed by atoms with Gasteiger partial charge in [-0.1, -0.05) is 13.8 Å². The van der Waals surface area contributed by atoms with E-state index in [9.17, 15) is 0 Å². The average Bonchev–Trinajstić information content (AvgIpc) is 3.06. The van der Waals surface area contributed by atoms with Gasteiger partial charge in [0.25, 0.3) is 0 Å². The van der Waals surface area contributed by atoms with Crippen LogP contribution in [0.25, 0.3) is 10.9 Å². The summed E-state index contributed by atoms with van der Waals surface area (Å²) < 4.78 is 2.10. The Morgan fingerprint density at radius 1 is 1.14 bits per heavy atom. The second-order valence-electron chi connectivity index (χ2n) is 9.16. The molecule has 3 aromatic rings. The van der Waals surface area contributed by atoms with E-state index >= 15 is 0 Å². The van der Waals surface area contributed by atoms with E-state index in [4.69, 9.17) is 11.6 Å². The van der Waals surface area contributed by atoms with Crippen molar-refractivity contribution in [2.45, 2.75) is 33.1 Å². The van der Waals surface area contributed by atoms with Crippen molar-refractivity contribution in [2.75, 3.05) is 17.2 Å². The SMILES string of the molecule is Cn1ccc2cc(Nc3nc(Cl)nc(NC[C@@H]4CCC5C[C@@H]4C5(C)C)n3)ccc21. The summed E-state index contributed by atoms with van der Waals surface area (Å²) >= 11 is 6.17. The Morgan fingerprint density at radius 2 is 1.97 bits per heavy atom. The molecular weight excluding hydrogens is 384 g/mol. The number of hydrogen-bond donors (Lipinski definition) is 2.